The molecule has 2 nitrogen and oxygen atoms in total. The second-order valence-corrected chi connectivity index (χ2v) is 3.95. The number of aliphatic hydroxyl groups is 1. The molecule has 0 aliphatic carbocycles. The van der Waals surface area contributed by atoms with Gasteiger partial charge in [-0.25, -0.2) is 4.39 Å². The molecule has 17 heavy (non-hydrogen) atoms. The van der Waals surface area contributed by atoms with Crippen molar-refractivity contribution in [2.24, 2.45) is 5.73 Å². The highest BCUT2D eigenvalue weighted by Gasteiger charge is 2.38. The molecule has 0 aliphatic heterocycles. The van der Waals surface area contributed by atoms with E-state index in [2.05, 4.69) is 0 Å². The molecule has 0 fully saturated rings. The van der Waals surface area contributed by atoms with E-state index in [-0.39, 0.29) is 10.6 Å². The Bertz CT molecular complexity index is 396. The van der Waals surface area contributed by atoms with Gasteiger partial charge in [-0.2, -0.15) is 13.2 Å². The molecule has 0 amide bonds. The summed E-state index contributed by atoms with van der Waals surface area (Å²) in [5.41, 5.74) is 4.54. The van der Waals surface area contributed by atoms with Crippen molar-refractivity contribution in [2.75, 3.05) is 0 Å². The number of rotatable bonds is 3. The summed E-state index contributed by atoms with van der Waals surface area (Å²) in [5, 5.41) is 9.22. The minimum absolute atomic E-state index is 0.262. The van der Waals surface area contributed by atoms with Crippen molar-refractivity contribution in [2.45, 2.75) is 24.7 Å². The molecule has 0 aromatic heterocycles. The maximum absolute atomic E-state index is 13.4. The van der Waals surface area contributed by atoms with Gasteiger partial charge in [0.05, 0.1) is 11.1 Å². The number of benzene rings is 1. The molecular formula is C10H10ClF4NO. The van der Waals surface area contributed by atoms with Gasteiger partial charge in [-0.05, 0) is 6.07 Å². The largest absolute Gasteiger partial charge is 0.403 e. The fraction of sp³-hybridized carbons (Fsp3) is 0.400. The second kappa shape index (κ2) is 5.20. The van der Waals surface area contributed by atoms with E-state index in [9.17, 15) is 22.7 Å². The van der Waals surface area contributed by atoms with Gasteiger partial charge >= 0.3 is 6.18 Å². The lowest BCUT2D eigenvalue weighted by atomic mass is 10.0. The summed E-state index contributed by atoms with van der Waals surface area (Å²) in [7, 11) is 0. The van der Waals surface area contributed by atoms with Crippen molar-refractivity contribution in [1.82, 2.24) is 0 Å². The summed E-state index contributed by atoms with van der Waals surface area (Å²) < 4.78 is 49.8. The van der Waals surface area contributed by atoms with E-state index < -0.39 is 30.6 Å². The van der Waals surface area contributed by atoms with Crippen molar-refractivity contribution < 1.29 is 22.7 Å². The molecule has 96 valence electrons. The van der Waals surface area contributed by atoms with E-state index in [4.69, 9.17) is 17.3 Å². The summed E-state index contributed by atoms with van der Waals surface area (Å²) in [6, 6.07) is 1.52. The number of halogens is 5. The van der Waals surface area contributed by atoms with Gasteiger partial charge in [0.1, 0.15) is 11.9 Å². The van der Waals surface area contributed by atoms with Crippen LogP contribution in [0.25, 0.3) is 0 Å². The zero-order valence-electron chi connectivity index (χ0n) is 8.51. The lowest BCUT2D eigenvalue weighted by Gasteiger charge is -2.19. The number of hydrogen-bond acceptors (Lipinski definition) is 2. The van der Waals surface area contributed by atoms with Gasteiger partial charge in [-0.3, -0.25) is 0 Å². The highest BCUT2D eigenvalue weighted by atomic mass is 35.5. The Hall–Kier alpha value is -0.850. The van der Waals surface area contributed by atoms with Gasteiger partial charge in [0, 0.05) is 12.0 Å². The molecule has 0 heterocycles. The molecule has 2 atom stereocenters. The minimum atomic E-state index is -4.63. The second-order valence-electron chi connectivity index (χ2n) is 3.54. The smallest absolute Gasteiger partial charge is 0.388 e. The van der Waals surface area contributed by atoms with Crippen molar-refractivity contribution in [3.8, 4) is 0 Å². The average molecular weight is 272 g/mol. The summed E-state index contributed by atoms with van der Waals surface area (Å²) in [6.45, 7) is 0. The van der Waals surface area contributed by atoms with Crippen LogP contribution in [0.3, 0.4) is 0 Å². The Kier molecular flexibility index (Phi) is 4.35. The molecule has 0 bridgehead atoms. The topological polar surface area (TPSA) is 46.2 Å². The SMILES string of the molecule is N[C@@H](C[C@@H](O)c1cccc(Cl)c1F)C(F)(F)F. The molecule has 1 aromatic rings. The van der Waals surface area contributed by atoms with Crippen LogP contribution in [0.15, 0.2) is 18.2 Å². The summed E-state index contributed by atoms with van der Waals surface area (Å²) >= 11 is 5.44. The number of aliphatic hydroxyl groups excluding tert-OH is 1. The highest BCUT2D eigenvalue weighted by Crippen LogP contribution is 2.29. The van der Waals surface area contributed by atoms with E-state index in [0.29, 0.717) is 0 Å². The minimum Gasteiger partial charge on any atom is -0.388 e. The average Bonchev–Trinajstić information content (AvgIpc) is 2.20. The maximum Gasteiger partial charge on any atom is 0.403 e. The van der Waals surface area contributed by atoms with Crippen LogP contribution in [0.5, 0.6) is 0 Å². The zero-order valence-corrected chi connectivity index (χ0v) is 9.26. The van der Waals surface area contributed by atoms with Gasteiger partial charge in [-0.15, -0.1) is 0 Å². The first-order chi connectivity index (χ1) is 7.73. The molecule has 0 saturated carbocycles. The molecule has 3 N–H and O–H groups in total. The van der Waals surface area contributed by atoms with Gasteiger partial charge < -0.3 is 10.8 Å². The Balaban J connectivity index is 2.84. The zero-order chi connectivity index (χ0) is 13.2. The van der Waals surface area contributed by atoms with Gasteiger partial charge in [0.2, 0.25) is 0 Å². The third-order valence-electron chi connectivity index (χ3n) is 2.24. The Morgan fingerprint density at radius 1 is 1.35 bits per heavy atom. The summed E-state index contributed by atoms with van der Waals surface area (Å²) in [4.78, 5) is 0. The standard InChI is InChI=1S/C10H10ClF4NO/c11-6-3-1-2-5(9(6)12)7(17)4-8(16)10(13,14)15/h1-3,7-8,17H,4,16H2/t7-,8+/m1/s1. The summed E-state index contributed by atoms with van der Waals surface area (Å²) in [5.74, 6) is -0.934. The van der Waals surface area contributed by atoms with Crippen molar-refractivity contribution in [3.63, 3.8) is 0 Å². The fourth-order valence-electron chi connectivity index (χ4n) is 1.28. The van der Waals surface area contributed by atoms with Crippen LogP contribution in [0.2, 0.25) is 5.02 Å². The number of hydrogen-bond donors (Lipinski definition) is 2. The fourth-order valence-corrected chi connectivity index (χ4v) is 1.46. The Morgan fingerprint density at radius 2 is 1.94 bits per heavy atom. The van der Waals surface area contributed by atoms with Gasteiger partial charge in [-0.1, -0.05) is 23.7 Å². The monoisotopic (exact) mass is 271 g/mol. The molecule has 0 aliphatic rings. The van der Waals surface area contributed by atoms with E-state index in [1.807, 2.05) is 0 Å². The first kappa shape index (κ1) is 14.2. The predicted molar refractivity (Wildman–Crippen MR) is 55.0 cm³/mol. The van der Waals surface area contributed by atoms with Crippen molar-refractivity contribution in [3.05, 3.63) is 34.6 Å². The van der Waals surface area contributed by atoms with E-state index in [1.165, 1.54) is 12.1 Å². The van der Waals surface area contributed by atoms with Crippen molar-refractivity contribution >= 4 is 11.6 Å². The molecule has 0 spiro atoms. The van der Waals surface area contributed by atoms with Crippen LogP contribution in [0.4, 0.5) is 17.6 Å². The van der Waals surface area contributed by atoms with Gasteiger partial charge in [0.25, 0.3) is 0 Å². The van der Waals surface area contributed by atoms with Crippen LogP contribution in [-0.4, -0.2) is 17.3 Å². The lowest BCUT2D eigenvalue weighted by molar-refractivity contribution is -0.154. The predicted octanol–water partition coefficient (Wildman–Crippen LogP) is 2.79. The summed E-state index contributed by atoms with van der Waals surface area (Å²) in [6.07, 6.45) is -7.10. The van der Waals surface area contributed by atoms with E-state index in [1.54, 1.807) is 0 Å². The van der Waals surface area contributed by atoms with Gasteiger partial charge in [0.15, 0.2) is 0 Å². The Morgan fingerprint density at radius 3 is 2.47 bits per heavy atom. The quantitative estimate of drug-likeness (QED) is 0.831. The third-order valence-corrected chi connectivity index (χ3v) is 2.53. The molecular weight excluding hydrogens is 262 g/mol. The highest BCUT2D eigenvalue weighted by molar-refractivity contribution is 6.30. The molecule has 1 rings (SSSR count). The van der Waals surface area contributed by atoms with Crippen LogP contribution in [-0.2, 0) is 0 Å². The molecule has 7 heteroatoms. The molecule has 1 aromatic carbocycles. The molecule has 0 radical (unpaired) electrons. The van der Waals surface area contributed by atoms with Crippen LogP contribution < -0.4 is 5.73 Å². The van der Waals surface area contributed by atoms with E-state index in [0.717, 1.165) is 6.07 Å². The first-order valence-electron chi connectivity index (χ1n) is 4.67. The molecule has 0 saturated heterocycles. The number of alkyl halides is 3. The maximum atomic E-state index is 13.4. The van der Waals surface area contributed by atoms with Crippen LogP contribution in [0, 0.1) is 5.82 Å². The van der Waals surface area contributed by atoms with E-state index >= 15 is 0 Å². The van der Waals surface area contributed by atoms with Crippen LogP contribution in [0.1, 0.15) is 18.1 Å². The molecule has 0 unspecified atom stereocenters. The Labute approximate surface area is 100.0 Å². The van der Waals surface area contributed by atoms with Crippen molar-refractivity contribution in [1.29, 1.82) is 0 Å². The lowest BCUT2D eigenvalue weighted by Crippen LogP contribution is -2.38. The normalized spacial score (nSPS) is 15.7. The third kappa shape index (κ3) is 3.55. The first-order valence-corrected chi connectivity index (χ1v) is 5.05. The number of nitrogens with two attached hydrogens (primary N) is 1. The van der Waals surface area contributed by atoms with Crippen LogP contribution >= 0.6 is 11.6 Å².